The molecule has 0 spiro atoms. The quantitative estimate of drug-likeness (QED) is 0.791. The number of esters is 1. The SMILES string of the molecule is C[C@@H](OC(=O)COc1ccccc1)C(=O)Nc1ncc(Cl)cc1Cl. The summed E-state index contributed by atoms with van der Waals surface area (Å²) in [5.74, 6) is -0.574. The Hall–Kier alpha value is -2.31. The lowest BCUT2D eigenvalue weighted by Crippen LogP contribution is -2.32. The lowest BCUT2D eigenvalue weighted by Gasteiger charge is -2.14. The summed E-state index contributed by atoms with van der Waals surface area (Å²) < 4.78 is 10.2. The van der Waals surface area contributed by atoms with E-state index in [1.807, 2.05) is 6.07 Å². The van der Waals surface area contributed by atoms with Gasteiger partial charge in [-0.25, -0.2) is 9.78 Å². The number of hydrogen-bond acceptors (Lipinski definition) is 5. The Bertz CT molecular complexity index is 725. The first-order chi connectivity index (χ1) is 11.5. The normalized spacial score (nSPS) is 11.5. The van der Waals surface area contributed by atoms with Crippen molar-refractivity contribution in [3.05, 3.63) is 52.6 Å². The van der Waals surface area contributed by atoms with Crippen LogP contribution in [0.2, 0.25) is 10.0 Å². The van der Waals surface area contributed by atoms with Gasteiger partial charge in [0.1, 0.15) is 5.75 Å². The molecule has 0 saturated heterocycles. The lowest BCUT2D eigenvalue weighted by molar-refractivity contribution is -0.155. The van der Waals surface area contributed by atoms with E-state index in [-0.39, 0.29) is 17.4 Å². The van der Waals surface area contributed by atoms with Gasteiger partial charge in [0.15, 0.2) is 18.5 Å². The molecule has 0 fully saturated rings. The number of anilines is 1. The summed E-state index contributed by atoms with van der Waals surface area (Å²) in [5, 5.41) is 2.98. The Balaban J connectivity index is 1.83. The van der Waals surface area contributed by atoms with Crippen molar-refractivity contribution in [3.8, 4) is 5.75 Å². The van der Waals surface area contributed by atoms with Crippen molar-refractivity contribution < 1.29 is 19.1 Å². The first-order valence-electron chi connectivity index (χ1n) is 6.95. The van der Waals surface area contributed by atoms with Gasteiger partial charge in [-0.3, -0.25) is 4.79 Å². The first-order valence-corrected chi connectivity index (χ1v) is 7.70. The number of amides is 1. The van der Waals surface area contributed by atoms with Crippen molar-refractivity contribution in [1.29, 1.82) is 0 Å². The molecule has 1 atom stereocenters. The summed E-state index contributed by atoms with van der Waals surface area (Å²) in [4.78, 5) is 27.6. The lowest BCUT2D eigenvalue weighted by atomic mass is 10.3. The molecule has 24 heavy (non-hydrogen) atoms. The number of halogens is 2. The summed E-state index contributed by atoms with van der Waals surface area (Å²) >= 11 is 11.6. The Morgan fingerprint density at radius 2 is 1.96 bits per heavy atom. The molecule has 8 heteroatoms. The first kappa shape index (κ1) is 18.0. The molecule has 0 radical (unpaired) electrons. The summed E-state index contributed by atoms with van der Waals surface area (Å²) in [5.41, 5.74) is 0. The van der Waals surface area contributed by atoms with Crippen LogP contribution in [0.5, 0.6) is 5.75 Å². The molecular formula is C16H14Cl2N2O4. The predicted octanol–water partition coefficient (Wildman–Crippen LogP) is 3.34. The van der Waals surface area contributed by atoms with Crippen molar-refractivity contribution in [3.63, 3.8) is 0 Å². The van der Waals surface area contributed by atoms with Crippen LogP contribution in [0.4, 0.5) is 5.82 Å². The van der Waals surface area contributed by atoms with E-state index in [1.165, 1.54) is 19.2 Å². The number of ether oxygens (including phenoxy) is 2. The van der Waals surface area contributed by atoms with E-state index in [0.717, 1.165) is 0 Å². The summed E-state index contributed by atoms with van der Waals surface area (Å²) in [7, 11) is 0. The van der Waals surface area contributed by atoms with Gasteiger partial charge in [0, 0.05) is 6.20 Å². The smallest absolute Gasteiger partial charge is 0.344 e. The van der Waals surface area contributed by atoms with Crippen LogP contribution in [0.3, 0.4) is 0 Å². The van der Waals surface area contributed by atoms with Gasteiger partial charge >= 0.3 is 5.97 Å². The van der Waals surface area contributed by atoms with Crippen LogP contribution < -0.4 is 10.1 Å². The van der Waals surface area contributed by atoms with Gasteiger partial charge in [0.2, 0.25) is 0 Å². The zero-order valence-electron chi connectivity index (χ0n) is 12.7. The van der Waals surface area contributed by atoms with Crippen LogP contribution >= 0.6 is 23.2 Å². The van der Waals surface area contributed by atoms with E-state index >= 15 is 0 Å². The number of nitrogens with one attached hydrogen (secondary N) is 1. The zero-order chi connectivity index (χ0) is 17.5. The molecule has 1 N–H and O–H groups in total. The van der Waals surface area contributed by atoms with Crippen molar-refractivity contribution in [2.75, 3.05) is 11.9 Å². The highest BCUT2D eigenvalue weighted by atomic mass is 35.5. The third-order valence-corrected chi connectivity index (χ3v) is 3.32. The number of hydrogen-bond donors (Lipinski definition) is 1. The Morgan fingerprint density at radius 1 is 1.25 bits per heavy atom. The fraction of sp³-hybridized carbons (Fsp3) is 0.188. The number of para-hydroxylation sites is 1. The van der Waals surface area contributed by atoms with E-state index in [4.69, 9.17) is 32.7 Å². The average molecular weight is 369 g/mol. The molecule has 0 aliphatic rings. The van der Waals surface area contributed by atoms with Gasteiger partial charge in [0.05, 0.1) is 10.0 Å². The topological polar surface area (TPSA) is 77.5 Å². The van der Waals surface area contributed by atoms with Gasteiger partial charge in [-0.15, -0.1) is 0 Å². The molecule has 6 nitrogen and oxygen atoms in total. The van der Waals surface area contributed by atoms with Gasteiger partial charge in [-0.1, -0.05) is 41.4 Å². The Morgan fingerprint density at radius 3 is 2.62 bits per heavy atom. The maximum Gasteiger partial charge on any atom is 0.344 e. The van der Waals surface area contributed by atoms with E-state index in [2.05, 4.69) is 10.3 Å². The molecule has 1 aromatic heterocycles. The van der Waals surface area contributed by atoms with Crippen molar-refractivity contribution in [1.82, 2.24) is 4.98 Å². The second-order valence-corrected chi connectivity index (χ2v) is 5.55. The van der Waals surface area contributed by atoms with Crippen LogP contribution in [0, 0.1) is 0 Å². The van der Waals surface area contributed by atoms with Crippen LogP contribution in [0.25, 0.3) is 0 Å². The fourth-order valence-corrected chi connectivity index (χ4v) is 2.10. The number of benzene rings is 1. The molecule has 1 heterocycles. The molecule has 2 aromatic rings. The number of carbonyl (C=O) groups is 2. The maximum absolute atomic E-state index is 12.0. The number of nitrogens with zero attached hydrogens (tertiary/aromatic N) is 1. The van der Waals surface area contributed by atoms with Crippen LogP contribution in [-0.2, 0) is 14.3 Å². The Kier molecular flexibility index (Phi) is 6.40. The zero-order valence-corrected chi connectivity index (χ0v) is 14.2. The van der Waals surface area contributed by atoms with E-state index in [0.29, 0.717) is 10.8 Å². The van der Waals surface area contributed by atoms with E-state index < -0.39 is 18.0 Å². The molecule has 126 valence electrons. The molecule has 1 aromatic carbocycles. The molecule has 0 unspecified atom stereocenters. The predicted molar refractivity (Wildman–Crippen MR) is 90.4 cm³/mol. The highest BCUT2D eigenvalue weighted by Gasteiger charge is 2.19. The standard InChI is InChI=1S/C16H14Cl2N2O4/c1-10(16(22)20-15-13(18)7-11(17)8-19-15)24-14(21)9-23-12-5-3-2-4-6-12/h2-8,10H,9H2,1H3,(H,19,20,22)/t10-/m1/s1. The van der Waals surface area contributed by atoms with Gasteiger partial charge < -0.3 is 14.8 Å². The number of aromatic nitrogens is 1. The van der Waals surface area contributed by atoms with Gasteiger partial charge in [-0.05, 0) is 25.1 Å². The van der Waals surface area contributed by atoms with Crippen molar-refractivity contribution in [2.45, 2.75) is 13.0 Å². The monoisotopic (exact) mass is 368 g/mol. The minimum atomic E-state index is -1.04. The average Bonchev–Trinajstić information content (AvgIpc) is 2.56. The van der Waals surface area contributed by atoms with Crippen molar-refractivity contribution >= 4 is 40.9 Å². The molecule has 0 bridgehead atoms. The second-order valence-electron chi connectivity index (χ2n) is 4.71. The third kappa shape index (κ3) is 5.40. The van der Waals surface area contributed by atoms with Crippen LogP contribution in [0.1, 0.15) is 6.92 Å². The summed E-state index contributed by atoms with van der Waals surface area (Å²) in [6.07, 6.45) is 0.304. The summed E-state index contributed by atoms with van der Waals surface area (Å²) in [6.45, 7) is 1.13. The molecule has 2 rings (SSSR count). The van der Waals surface area contributed by atoms with Crippen LogP contribution in [-0.4, -0.2) is 29.6 Å². The largest absolute Gasteiger partial charge is 0.482 e. The minimum absolute atomic E-state index is 0.134. The molecule has 1 amide bonds. The number of carbonyl (C=O) groups excluding carboxylic acids is 2. The maximum atomic E-state index is 12.0. The fourth-order valence-electron chi connectivity index (χ4n) is 1.67. The Labute approximate surface area is 148 Å². The number of pyridine rings is 1. The van der Waals surface area contributed by atoms with E-state index in [9.17, 15) is 9.59 Å². The van der Waals surface area contributed by atoms with Gasteiger partial charge in [0.25, 0.3) is 5.91 Å². The molecule has 0 saturated carbocycles. The second kappa shape index (κ2) is 8.52. The van der Waals surface area contributed by atoms with Crippen LogP contribution in [0.15, 0.2) is 42.6 Å². The van der Waals surface area contributed by atoms with Gasteiger partial charge in [-0.2, -0.15) is 0 Å². The van der Waals surface area contributed by atoms with Crippen molar-refractivity contribution in [2.24, 2.45) is 0 Å². The number of rotatable bonds is 6. The molecule has 0 aliphatic carbocycles. The highest BCUT2D eigenvalue weighted by molar-refractivity contribution is 6.36. The highest BCUT2D eigenvalue weighted by Crippen LogP contribution is 2.22. The summed E-state index contributed by atoms with van der Waals surface area (Å²) in [6, 6.07) is 10.2. The molecular weight excluding hydrogens is 355 g/mol. The third-order valence-electron chi connectivity index (χ3n) is 2.83. The molecule has 0 aliphatic heterocycles. The minimum Gasteiger partial charge on any atom is -0.482 e. The van der Waals surface area contributed by atoms with E-state index in [1.54, 1.807) is 24.3 Å².